The van der Waals surface area contributed by atoms with E-state index in [1.54, 1.807) is 0 Å². The molecule has 1 aliphatic heterocycles. The average Bonchev–Trinajstić information content (AvgIpc) is 3.16. The molecule has 1 heterocycles. The number of nitrogens with two attached hydrogens (primary N) is 1. The second-order valence-corrected chi connectivity index (χ2v) is 5.07. The summed E-state index contributed by atoms with van der Waals surface area (Å²) in [5.74, 6) is 1.99. The minimum Gasteiger partial charge on any atom is -0.390 e. The van der Waals surface area contributed by atoms with E-state index in [9.17, 15) is 0 Å². The third-order valence-electron chi connectivity index (χ3n) is 3.67. The fraction of sp³-hybridized carbons (Fsp3) is 0.429. The normalized spacial score (nSPS) is 23.1. The van der Waals surface area contributed by atoms with Crippen molar-refractivity contribution in [2.24, 2.45) is 21.6 Å². The summed E-state index contributed by atoms with van der Waals surface area (Å²) >= 11 is 0. The smallest absolute Gasteiger partial charge is 0.149 e. The summed E-state index contributed by atoms with van der Waals surface area (Å²) in [5, 5.41) is 0. The van der Waals surface area contributed by atoms with Crippen LogP contribution in [0.5, 0.6) is 0 Å². The number of hydrogen-bond donors (Lipinski definition) is 1. The summed E-state index contributed by atoms with van der Waals surface area (Å²) in [5.41, 5.74) is 8.62. The van der Waals surface area contributed by atoms with Crippen LogP contribution >= 0.6 is 0 Å². The van der Waals surface area contributed by atoms with Crippen LogP contribution in [0.25, 0.3) is 0 Å². The molecule has 0 radical (unpaired) electrons. The van der Waals surface area contributed by atoms with E-state index in [2.05, 4.69) is 35.1 Å². The Morgan fingerprint density at radius 3 is 2.83 bits per heavy atom. The van der Waals surface area contributed by atoms with Crippen molar-refractivity contribution in [1.29, 1.82) is 0 Å². The molecule has 3 rings (SSSR count). The zero-order chi connectivity index (χ0) is 12.7. The van der Waals surface area contributed by atoms with E-state index in [4.69, 9.17) is 10.7 Å². The van der Waals surface area contributed by atoms with E-state index in [0.717, 1.165) is 17.2 Å². The van der Waals surface area contributed by atoms with Gasteiger partial charge in [-0.05, 0) is 37.0 Å². The van der Waals surface area contributed by atoms with Gasteiger partial charge in [-0.2, -0.15) is 0 Å². The Bertz CT molecular complexity index is 529. The largest absolute Gasteiger partial charge is 0.390 e. The molecule has 4 nitrogen and oxygen atoms in total. The molecule has 0 aromatic heterocycles. The van der Waals surface area contributed by atoms with Crippen LogP contribution in [0.1, 0.15) is 30.1 Å². The number of benzene rings is 1. The van der Waals surface area contributed by atoms with Gasteiger partial charge in [0.2, 0.25) is 0 Å². The van der Waals surface area contributed by atoms with Gasteiger partial charge in [-0.1, -0.05) is 12.1 Å². The maximum Gasteiger partial charge on any atom is 0.149 e. The second-order valence-electron chi connectivity index (χ2n) is 5.07. The number of hydrogen-bond acceptors (Lipinski definition) is 3. The molecule has 1 unspecified atom stereocenters. The molecule has 4 heteroatoms. The summed E-state index contributed by atoms with van der Waals surface area (Å²) in [6.45, 7) is 2.04. The quantitative estimate of drug-likeness (QED) is 0.653. The van der Waals surface area contributed by atoms with Crippen molar-refractivity contribution in [3.05, 3.63) is 29.3 Å². The van der Waals surface area contributed by atoms with Gasteiger partial charge >= 0.3 is 0 Å². The summed E-state index contributed by atoms with van der Waals surface area (Å²) in [6, 6.07) is 6.28. The van der Waals surface area contributed by atoms with Crippen molar-refractivity contribution in [3.63, 3.8) is 0 Å². The van der Waals surface area contributed by atoms with Gasteiger partial charge in [-0.25, -0.2) is 9.98 Å². The lowest BCUT2D eigenvalue weighted by Crippen LogP contribution is -2.40. The molecule has 0 spiro atoms. The maximum atomic E-state index is 5.37. The SMILES string of the molecule is Cc1ccc(C2N=C(C3CC3)N2C)cc1N=CN. The molecule has 2 aliphatic rings. The summed E-state index contributed by atoms with van der Waals surface area (Å²) in [6.07, 6.45) is 4.10. The molecular formula is C14H18N4. The standard InChI is InChI=1S/C14H18N4/c1-9-3-4-11(7-12(9)16-8-15)14-17-13(18(14)2)10-5-6-10/h3-4,7-8,10,14H,5-6H2,1-2H3,(H2,15,16). The molecule has 1 aliphatic carbocycles. The summed E-state index contributed by atoms with van der Waals surface area (Å²) < 4.78 is 0. The Morgan fingerprint density at radius 1 is 1.44 bits per heavy atom. The van der Waals surface area contributed by atoms with Crippen LogP contribution in [0, 0.1) is 12.8 Å². The highest BCUT2D eigenvalue weighted by atomic mass is 15.4. The Hall–Kier alpha value is -1.84. The van der Waals surface area contributed by atoms with Crippen LogP contribution in [0.15, 0.2) is 28.2 Å². The second kappa shape index (κ2) is 4.12. The highest BCUT2D eigenvalue weighted by Crippen LogP contribution is 2.41. The minimum absolute atomic E-state index is 0.160. The maximum absolute atomic E-state index is 5.37. The first-order valence-corrected chi connectivity index (χ1v) is 6.36. The fourth-order valence-corrected chi connectivity index (χ4v) is 2.41. The van der Waals surface area contributed by atoms with Gasteiger partial charge in [0.15, 0.2) is 0 Å². The molecule has 1 fully saturated rings. The fourth-order valence-electron chi connectivity index (χ4n) is 2.41. The van der Waals surface area contributed by atoms with Gasteiger partial charge in [-0.3, -0.25) is 0 Å². The molecule has 0 saturated heterocycles. The monoisotopic (exact) mass is 242 g/mol. The van der Waals surface area contributed by atoms with Crippen LogP contribution in [0.4, 0.5) is 5.69 Å². The van der Waals surface area contributed by atoms with Crippen LogP contribution in [0.2, 0.25) is 0 Å². The minimum atomic E-state index is 0.160. The molecule has 1 aromatic rings. The summed E-state index contributed by atoms with van der Waals surface area (Å²) in [7, 11) is 2.12. The zero-order valence-electron chi connectivity index (χ0n) is 10.8. The topological polar surface area (TPSA) is 54.0 Å². The molecule has 2 N–H and O–H groups in total. The van der Waals surface area contributed by atoms with E-state index in [1.165, 1.54) is 30.6 Å². The van der Waals surface area contributed by atoms with Crippen LogP contribution in [0.3, 0.4) is 0 Å². The van der Waals surface area contributed by atoms with Crippen molar-refractivity contribution < 1.29 is 0 Å². The van der Waals surface area contributed by atoms with Crippen molar-refractivity contribution in [3.8, 4) is 0 Å². The van der Waals surface area contributed by atoms with E-state index in [0.29, 0.717) is 0 Å². The molecule has 0 amide bonds. The lowest BCUT2D eigenvalue weighted by Gasteiger charge is -2.38. The third-order valence-corrected chi connectivity index (χ3v) is 3.67. The van der Waals surface area contributed by atoms with E-state index in [-0.39, 0.29) is 6.17 Å². The van der Waals surface area contributed by atoms with Crippen molar-refractivity contribution in [2.45, 2.75) is 25.9 Å². The number of rotatable bonds is 3. The average molecular weight is 242 g/mol. The Kier molecular flexibility index (Phi) is 2.58. The van der Waals surface area contributed by atoms with Crippen molar-refractivity contribution in [1.82, 2.24) is 4.90 Å². The van der Waals surface area contributed by atoms with Gasteiger partial charge < -0.3 is 10.6 Å². The van der Waals surface area contributed by atoms with Gasteiger partial charge in [0, 0.05) is 13.0 Å². The number of aryl methyl sites for hydroxylation is 1. The van der Waals surface area contributed by atoms with E-state index in [1.807, 2.05) is 6.92 Å². The highest BCUT2D eigenvalue weighted by molar-refractivity contribution is 5.90. The van der Waals surface area contributed by atoms with Crippen LogP contribution in [-0.2, 0) is 0 Å². The lowest BCUT2D eigenvalue weighted by atomic mass is 10.0. The molecule has 0 bridgehead atoms. The molecule has 1 aromatic carbocycles. The van der Waals surface area contributed by atoms with Crippen molar-refractivity contribution >= 4 is 17.9 Å². The van der Waals surface area contributed by atoms with Crippen LogP contribution in [-0.4, -0.2) is 24.1 Å². The van der Waals surface area contributed by atoms with Crippen LogP contribution < -0.4 is 5.73 Å². The number of amidine groups is 1. The Morgan fingerprint density at radius 2 is 2.22 bits per heavy atom. The molecule has 94 valence electrons. The Labute approximate surface area is 107 Å². The predicted molar refractivity (Wildman–Crippen MR) is 74.2 cm³/mol. The van der Waals surface area contributed by atoms with E-state index >= 15 is 0 Å². The predicted octanol–water partition coefficient (Wildman–Crippen LogP) is 2.37. The molecule has 1 atom stereocenters. The summed E-state index contributed by atoms with van der Waals surface area (Å²) in [4.78, 5) is 11.2. The number of aliphatic imine (C=N–C) groups is 2. The first-order valence-electron chi connectivity index (χ1n) is 6.36. The van der Waals surface area contributed by atoms with Gasteiger partial charge in [0.25, 0.3) is 0 Å². The Balaban J connectivity index is 1.87. The first-order chi connectivity index (χ1) is 8.70. The van der Waals surface area contributed by atoms with Crippen molar-refractivity contribution in [2.75, 3.05) is 7.05 Å². The van der Waals surface area contributed by atoms with E-state index < -0.39 is 0 Å². The highest BCUT2D eigenvalue weighted by Gasteiger charge is 2.39. The first kappa shape index (κ1) is 11.3. The van der Waals surface area contributed by atoms with Gasteiger partial charge in [-0.15, -0.1) is 0 Å². The third kappa shape index (κ3) is 1.78. The lowest BCUT2D eigenvalue weighted by molar-refractivity contribution is 0.317. The molecule has 18 heavy (non-hydrogen) atoms. The van der Waals surface area contributed by atoms with Gasteiger partial charge in [0.05, 0.1) is 12.0 Å². The molecule has 1 saturated carbocycles. The number of nitrogens with zero attached hydrogens (tertiary/aromatic N) is 3. The zero-order valence-corrected chi connectivity index (χ0v) is 10.8. The molecular weight excluding hydrogens is 224 g/mol. The van der Waals surface area contributed by atoms with Gasteiger partial charge in [0.1, 0.15) is 12.0 Å².